The van der Waals surface area contributed by atoms with Crippen molar-refractivity contribution in [2.45, 2.75) is 32.1 Å². The summed E-state index contributed by atoms with van der Waals surface area (Å²) >= 11 is 0. The molecule has 0 unspecified atom stereocenters. The molecule has 27 heavy (non-hydrogen) atoms. The summed E-state index contributed by atoms with van der Waals surface area (Å²) in [4.78, 5) is 26.4. The third kappa shape index (κ3) is 5.32. The van der Waals surface area contributed by atoms with Crippen LogP contribution in [0.3, 0.4) is 0 Å². The van der Waals surface area contributed by atoms with E-state index in [2.05, 4.69) is 10.2 Å². The SMILES string of the molecule is Cn1c(=O)cc(OCCCC(=O)NCCCN2CCCC2)c2ccccc21. The van der Waals surface area contributed by atoms with Crippen LogP contribution >= 0.6 is 0 Å². The first-order chi connectivity index (χ1) is 13.1. The monoisotopic (exact) mass is 371 g/mol. The average Bonchev–Trinajstić information content (AvgIpc) is 3.19. The Hall–Kier alpha value is -2.34. The summed E-state index contributed by atoms with van der Waals surface area (Å²) in [7, 11) is 1.75. The van der Waals surface area contributed by atoms with Gasteiger partial charge >= 0.3 is 0 Å². The Morgan fingerprint density at radius 2 is 1.96 bits per heavy atom. The second-order valence-electron chi connectivity index (χ2n) is 7.13. The summed E-state index contributed by atoms with van der Waals surface area (Å²) < 4.78 is 7.41. The minimum absolute atomic E-state index is 0.0638. The standard InChI is InChI=1S/C21H29N3O3/c1-23-18-9-3-2-8-17(18)19(16-21(23)26)27-15-6-10-20(25)22-11-7-14-24-12-4-5-13-24/h2-3,8-9,16H,4-7,10-15H2,1H3,(H,22,25). The molecule has 1 aromatic carbocycles. The minimum atomic E-state index is -0.0977. The Balaban J connectivity index is 1.38. The van der Waals surface area contributed by atoms with Crippen LogP contribution in [0.5, 0.6) is 5.75 Å². The van der Waals surface area contributed by atoms with Gasteiger partial charge < -0.3 is 19.5 Å². The largest absolute Gasteiger partial charge is 0.493 e. The van der Waals surface area contributed by atoms with E-state index in [0.29, 0.717) is 25.2 Å². The molecule has 0 spiro atoms. The molecule has 2 aromatic rings. The number of benzene rings is 1. The number of fused-ring (bicyclic) bond motifs is 1. The Bertz CT molecular complexity index is 825. The molecule has 1 amide bonds. The fourth-order valence-electron chi connectivity index (χ4n) is 3.54. The quantitative estimate of drug-likeness (QED) is 0.687. The number of amides is 1. The van der Waals surface area contributed by atoms with Crippen LogP contribution in [0.4, 0.5) is 0 Å². The third-order valence-electron chi connectivity index (χ3n) is 5.09. The van der Waals surface area contributed by atoms with Gasteiger partial charge in [0.1, 0.15) is 5.75 Å². The van der Waals surface area contributed by atoms with Crippen LogP contribution in [0.25, 0.3) is 10.9 Å². The number of pyridine rings is 1. The highest BCUT2D eigenvalue weighted by Gasteiger charge is 2.11. The molecule has 1 aliphatic heterocycles. The molecule has 0 radical (unpaired) electrons. The molecule has 0 saturated carbocycles. The first-order valence-corrected chi connectivity index (χ1v) is 9.86. The molecule has 1 N–H and O–H groups in total. The molecule has 6 heteroatoms. The maximum absolute atomic E-state index is 12.1. The lowest BCUT2D eigenvalue weighted by Crippen LogP contribution is -2.28. The molecule has 1 saturated heterocycles. The molecule has 0 bridgehead atoms. The van der Waals surface area contributed by atoms with Crippen LogP contribution in [0.2, 0.25) is 0 Å². The Kier molecular flexibility index (Phi) is 6.87. The number of aryl methyl sites for hydroxylation is 1. The van der Waals surface area contributed by atoms with E-state index in [1.165, 1.54) is 32.0 Å². The zero-order chi connectivity index (χ0) is 19.1. The van der Waals surface area contributed by atoms with Gasteiger partial charge in [0, 0.05) is 31.5 Å². The van der Waals surface area contributed by atoms with Gasteiger partial charge in [-0.2, -0.15) is 0 Å². The third-order valence-corrected chi connectivity index (χ3v) is 5.09. The molecule has 1 aliphatic rings. The van der Waals surface area contributed by atoms with Gasteiger partial charge in [-0.15, -0.1) is 0 Å². The molecule has 0 aliphatic carbocycles. The van der Waals surface area contributed by atoms with Gasteiger partial charge in [0.2, 0.25) is 5.91 Å². The number of hydrogen-bond acceptors (Lipinski definition) is 4. The van der Waals surface area contributed by atoms with E-state index in [4.69, 9.17) is 4.74 Å². The predicted molar refractivity (Wildman–Crippen MR) is 107 cm³/mol. The van der Waals surface area contributed by atoms with E-state index in [-0.39, 0.29) is 11.5 Å². The van der Waals surface area contributed by atoms with E-state index >= 15 is 0 Å². The maximum atomic E-state index is 12.1. The van der Waals surface area contributed by atoms with Crippen molar-refractivity contribution in [3.8, 4) is 5.75 Å². The van der Waals surface area contributed by atoms with Crippen molar-refractivity contribution in [3.63, 3.8) is 0 Å². The second-order valence-corrected chi connectivity index (χ2v) is 7.13. The van der Waals surface area contributed by atoms with E-state index in [1.54, 1.807) is 11.6 Å². The number of para-hydroxylation sites is 1. The normalized spacial score (nSPS) is 14.6. The van der Waals surface area contributed by atoms with Gasteiger partial charge in [0.05, 0.1) is 12.1 Å². The lowest BCUT2D eigenvalue weighted by atomic mass is 10.2. The van der Waals surface area contributed by atoms with Crippen molar-refractivity contribution in [1.82, 2.24) is 14.8 Å². The number of likely N-dealkylation sites (tertiary alicyclic amines) is 1. The number of nitrogens with one attached hydrogen (secondary N) is 1. The van der Waals surface area contributed by atoms with Crippen LogP contribution in [0.15, 0.2) is 35.1 Å². The molecule has 0 atom stereocenters. The highest BCUT2D eigenvalue weighted by atomic mass is 16.5. The molecular weight excluding hydrogens is 342 g/mol. The van der Waals surface area contributed by atoms with Crippen LogP contribution in [-0.4, -0.2) is 48.2 Å². The molecular formula is C21H29N3O3. The van der Waals surface area contributed by atoms with E-state index in [0.717, 1.165) is 30.4 Å². The smallest absolute Gasteiger partial charge is 0.254 e. The van der Waals surface area contributed by atoms with Gasteiger partial charge in [-0.3, -0.25) is 9.59 Å². The number of rotatable bonds is 9. The first-order valence-electron chi connectivity index (χ1n) is 9.86. The van der Waals surface area contributed by atoms with Crippen molar-refractivity contribution < 1.29 is 9.53 Å². The number of hydrogen-bond donors (Lipinski definition) is 1. The van der Waals surface area contributed by atoms with E-state index < -0.39 is 0 Å². The summed E-state index contributed by atoms with van der Waals surface area (Å²) in [6.45, 7) is 4.61. The second kappa shape index (κ2) is 9.55. The summed E-state index contributed by atoms with van der Waals surface area (Å²) in [5.41, 5.74) is 0.746. The number of ether oxygens (including phenoxy) is 1. The maximum Gasteiger partial charge on any atom is 0.254 e. The fourth-order valence-corrected chi connectivity index (χ4v) is 3.54. The van der Waals surface area contributed by atoms with Crippen LogP contribution in [0.1, 0.15) is 32.1 Å². The van der Waals surface area contributed by atoms with Gasteiger partial charge in [-0.1, -0.05) is 12.1 Å². The lowest BCUT2D eigenvalue weighted by molar-refractivity contribution is -0.121. The molecule has 1 aromatic heterocycles. The first kappa shape index (κ1) is 19.4. The zero-order valence-electron chi connectivity index (χ0n) is 16.1. The van der Waals surface area contributed by atoms with Crippen molar-refractivity contribution in [2.75, 3.05) is 32.8 Å². The summed E-state index contributed by atoms with van der Waals surface area (Å²) in [6, 6.07) is 9.19. The average molecular weight is 371 g/mol. The summed E-state index contributed by atoms with van der Waals surface area (Å²) in [6.07, 6.45) is 4.67. The van der Waals surface area contributed by atoms with Gasteiger partial charge in [0.15, 0.2) is 0 Å². The zero-order valence-corrected chi connectivity index (χ0v) is 16.1. The van der Waals surface area contributed by atoms with Gasteiger partial charge in [0.25, 0.3) is 5.56 Å². The molecule has 2 heterocycles. The van der Waals surface area contributed by atoms with Crippen LogP contribution in [0, 0.1) is 0 Å². The number of carbonyl (C=O) groups is 1. The minimum Gasteiger partial charge on any atom is -0.493 e. The topological polar surface area (TPSA) is 63.6 Å². The Morgan fingerprint density at radius 3 is 2.78 bits per heavy atom. The summed E-state index contributed by atoms with van der Waals surface area (Å²) in [5.74, 6) is 0.647. The molecule has 146 valence electrons. The van der Waals surface area contributed by atoms with E-state index in [9.17, 15) is 9.59 Å². The highest BCUT2D eigenvalue weighted by molar-refractivity contribution is 5.85. The van der Waals surface area contributed by atoms with Crippen molar-refractivity contribution in [1.29, 1.82) is 0 Å². The molecule has 6 nitrogen and oxygen atoms in total. The predicted octanol–water partition coefficient (Wildman–Crippen LogP) is 2.30. The Morgan fingerprint density at radius 1 is 1.19 bits per heavy atom. The van der Waals surface area contributed by atoms with Crippen molar-refractivity contribution >= 4 is 16.8 Å². The highest BCUT2D eigenvalue weighted by Crippen LogP contribution is 2.23. The van der Waals surface area contributed by atoms with Crippen molar-refractivity contribution in [3.05, 3.63) is 40.7 Å². The van der Waals surface area contributed by atoms with Crippen LogP contribution in [-0.2, 0) is 11.8 Å². The van der Waals surface area contributed by atoms with Crippen LogP contribution < -0.4 is 15.6 Å². The van der Waals surface area contributed by atoms with Gasteiger partial charge in [-0.25, -0.2) is 0 Å². The molecule has 3 rings (SSSR count). The number of aromatic nitrogens is 1. The van der Waals surface area contributed by atoms with Gasteiger partial charge in [-0.05, 0) is 57.5 Å². The Labute approximate surface area is 160 Å². The van der Waals surface area contributed by atoms with E-state index in [1.807, 2.05) is 24.3 Å². The summed E-state index contributed by atoms with van der Waals surface area (Å²) in [5, 5.41) is 3.89. The number of carbonyl (C=O) groups excluding carboxylic acids is 1. The number of nitrogens with zero attached hydrogens (tertiary/aromatic N) is 2. The fraction of sp³-hybridized carbons (Fsp3) is 0.524. The lowest BCUT2D eigenvalue weighted by Gasteiger charge is -2.14. The molecule has 1 fully saturated rings. The van der Waals surface area contributed by atoms with Crippen molar-refractivity contribution in [2.24, 2.45) is 7.05 Å².